The van der Waals surface area contributed by atoms with Crippen LogP contribution in [0.25, 0.3) is 11.4 Å². The van der Waals surface area contributed by atoms with Crippen molar-refractivity contribution in [3.63, 3.8) is 0 Å². The van der Waals surface area contributed by atoms with Crippen LogP contribution in [0.5, 0.6) is 5.75 Å². The predicted octanol–water partition coefficient (Wildman–Crippen LogP) is 2.76. The van der Waals surface area contributed by atoms with Crippen molar-refractivity contribution in [2.75, 3.05) is 49.8 Å². The number of amides is 1. The fraction of sp³-hybridized carbons (Fsp3) is 0.286. The molecule has 0 aliphatic carbocycles. The van der Waals surface area contributed by atoms with Crippen molar-refractivity contribution in [1.82, 2.24) is 19.8 Å². The molecule has 10 heteroatoms. The van der Waals surface area contributed by atoms with Crippen LogP contribution in [-0.4, -0.2) is 64.7 Å². The number of nitrogen functional groups attached to an aromatic ring is 1. The van der Waals surface area contributed by atoms with E-state index in [2.05, 4.69) is 15.1 Å². The van der Waals surface area contributed by atoms with Crippen molar-refractivity contribution in [3.8, 4) is 17.1 Å². The van der Waals surface area contributed by atoms with E-state index in [-0.39, 0.29) is 11.7 Å². The van der Waals surface area contributed by atoms with Crippen molar-refractivity contribution < 1.29 is 9.53 Å². The molecule has 1 aliphatic heterocycles. The maximum Gasteiger partial charge on any atom is 0.233 e. The van der Waals surface area contributed by atoms with Gasteiger partial charge in [0.05, 0.1) is 12.9 Å². The monoisotopic (exact) mass is 458 g/mol. The van der Waals surface area contributed by atoms with Gasteiger partial charge in [0.15, 0.2) is 5.82 Å². The summed E-state index contributed by atoms with van der Waals surface area (Å²) in [5.74, 6) is 7.80. The van der Waals surface area contributed by atoms with Crippen molar-refractivity contribution in [1.29, 1.82) is 0 Å². The van der Waals surface area contributed by atoms with Gasteiger partial charge in [0, 0.05) is 42.5 Å². The summed E-state index contributed by atoms with van der Waals surface area (Å²) in [6.07, 6.45) is 0. The Bertz CT molecular complexity index is 1050. The number of nitrogens with zero attached hydrogens (tertiary/aromatic N) is 5. The summed E-state index contributed by atoms with van der Waals surface area (Å²) >= 11 is 7.33. The Balaban J connectivity index is 1.31. The molecule has 0 saturated carbocycles. The molecule has 31 heavy (non-hydrogen) atoms. The third kappa shape index (κ3) is 4.88. The second-order valence-corrected chi connectivity index (χ2v) is 8.42. The predicted molar refractivity (Wildman–Crippen MR) is 123 cm³/mol. The van der Waals surface area contributed by atoms with Gasteiger partial charge in [-0.2, -0.15) is 0 Å². The van der Waals surface area contributed by atoms with Gasteiger partial charge >= 0.3 is 0 Å². The van der Waals surface area contributed by atoms with E-state index in [0.717, 1.165) is 30.1 Å². The van der Waals surface area contributed by atoms with Crippen LogP contribution in [0.15, 0.2) is 53.7 Å². The van der Waals surface area contributed by atoms with Crippen LogP contribution < -0.4 is 15.5 Å². The maximum atomic E-state index is 12.7. The van der Waals surface area contributed by atoms with Gasteiger partial charge in [0.2, 0.25) is 11.1 Å². The molecule has 1 saturated heterocycles. The van der Waals surface area contributed by atoms with Crippen LogP contribution in [0.1, 0.15) is 0 Å². The van der Waals surface area contributed by atoms with E-state index < -0.39 is 0 Å². The highest BCUT2D eigenvalue weighted by molar-refractivity contribution is 7.99. The Hall–Kier alpha value is -2.91. The standard InChI is InChI=1S/C21H23ClN6O2S/c1-30-18-7-5-17(6-8-18)26-9-11-27(12-10-26)19(29)14-31-21-25-24-20(28(21)23)15-3-2-4-16(22)13-15/h2-8,13H,9-12,14,23H2,1H3. The number of thioether (sulfide) groups is 1. The second-order valence-electron chi connectivity index (χ2n) is 7.04. The average molecular weight is 459 g/mol. The van der Waals surface area contributed by atoms with E-state index in [4.69, 9.17) is 22.2 Å². The van der Waals surface area contributed by atoms with E-state index >= 15 is 0 Å². The van der Waals surface area contributed by atoms with Crippen molar-refractivity contribution in [2.45, 2.75) is 5.16 Å². The topological polar surface area (TPSA) is 89.5 Å². The number of anilines is 1. The van der Waals surface area contributed by atoms with E-state index in [1.165, 1.54) is 16.4 Å². The number of rotatable bonds is 6. The smallest absolute Gasteiger partial charge is 0.233 e. The third-order valence-electron chi connectivity index (χ3n) is 5.14. The molecule has 4 rings (SSSR count). The molecule has 1 aromatic heterocycles. The number of hydrogen-bond acceptors (Lipinski definition) is 7. The summed E-state index contributed by atoms with van der Waals surface area (Å²) in [6.45, 7) is 2.92. The first kappa shape index (κ1) is 21.3. The van der Waals surface area contributed by atoms with Crippen LogP contribution in [-0.2, 0) is 4.79 Å². The number of carbonyl (C=O) groups excluding carboxylic acids is 1. The molecule has 1 fully saturated rings. The summed E-state index contributed by atoms with van der Waals surface area (Å²) in [6, 6.07) is 15.2. The molecule has 2 heterocycles. The summed E-state index contributed by atoms with van der Waals surface area (Å²) in [5, 5.41) is 9.35. The highest BCUT2D eigenvalue weighted by Crippen LogP contribution is 2.25. The fourth-order valence-corrected chi connectivity index (χ4v) is 4.37. The molecule has 1 amide bonds. The normalized spacial score (nSPS) is 14.0. The molecule has 0 bridgehead atoms. The maximum absolute atomic E-state index is 12.7. The Morgan fingerprint density at radius 3 is 2.55 bits per heavy atom. The van der Waals surface area contributed by atoms with Crippen LogP contribution in [0.4, 0.5) is 5.69 Å². The molecule has 3 aromatic rings. The SMILES string of the molecule is COc1ccc(N2CCN(C(=O)CSc3nnc(-c4cccc(Cl)c4)n3N)CC2)cc1. The number of methoxy groups -OCH3 is 1. The van der Waals surface area contributed by atoms with E-state index in [9.17, 15) is 4.79 Å². The minimum Gasteiger partial charge on any atom is -0.497 e. The largest absolute Gasteiger partial charge is 0.497 e. The van der Waals surface area contributed by atoms with Crippen LogP contribution >= 0.6 is 23.4 Å². The van der Waals surface area contributed by atoms with E-state index in [1.807, 2.05) is 41.3 Å². The first-order valence-corrected chi connectivity index (χ1v) is 11.2. The van der Waals surface area contributed by atoms with Crippen molar-refractivity contribution >= 4 is 35.0 Å². The lowest BCUT2D eigenvalue weighted by molar-refractivity contribution is -0.128. The molecule has 1 aliphatic rings. The lowest BCUT2D eigenvalue weighted by Gasteiger charge is -2.36. The number of aromatic nitrogens is 3. The van der Waals surface area contributed by atoms with Crippen LogP contribution in [0.2, 0.25) is 5.02 Å². The number of halogens is 1. The number of ether oxygens (including phenoxy) is 1. The molecule has 0 spiro atoms. The van der Waals surface area contributed by atoms with E-state index in [0.29, 0.717) is 29.1 Å². The summed E-state index contributed by atoms with van der Waals surface area (Å²) in [7, 11) is 1.66. The number of benzene rings is 2. The highest BCUT2D eigenvalue weighted by atomic mass is 35.5. The summed E-state index contributed by atoms with van der Waals surface area (Å²) in [5.41, 5.74) is 1.90. The second kappa shape index (κ2) is 9.49. The van der Waals surface area contributed by atoms with Gasteiger partial charge in [0.25, 0.3) is 0 Å². The molecule has 162 valence electrons. The molecule has 2 N–H and O–H groups in total. The van der Waals surface area contributed by atoms with Gasteiger partial charge in [0.1, 0.15) is 5.75 Å². The van der Waals surface area contributed by atoms with Gasteiger partial charge in [-0.1, -0.05) is 35.5 Å². The Kier molecular flexibility index (Phi) is 6.53. The number of piperazine rings is 1. The molecule has 2 aromatic carbocycles. The molecule has 8 nitrogen and oxygen atoms in total. The van der Waals surface area contributed by atoms with Gasteiger partial charge < -0.3 is 20.4 Å². The average Bonchev–Trinajstić information content (AvgIpc) is 3.18. The molecular formula is C21H23ClN6O2S. The zero-order chi connectivity index (χ0) is 21.8. The first-order valence-electron chi connectivity index (χ1n) is 9.81. The van der Waals surface area contributed by atoms with Crippen LogP contribution in [0, 0.1) is 0 Å². The molecular weight excluding hydrogens is 436 g/mol. The minimum absolute atomic E-state index is 0.0617. The Morgan fingerprint density at radius 1 is 1.13 bits per heavy atom. The lowest BCUT2D eigenvalue weighted by Crippen LogP contribution is -2.49. The quantitative estimate of drug-likeness (QED) is 0.448. The van der Waals surface area contributed by atoms with Gasteiger partial charge in [-0.15, -0.1) is 10.2 Å². The van der Waals surface area contributed by atoms with Gasteiger partial charge in [-0.05, 0) is 36.4 Å². The summed E-state index contributed by atoms with van der Waals surface area (Å²) < 4.78 is 6.60. The number of nitrogens with two attached hydrogens (primary N) is 1. The molecule has 0 radical (unpaired) electrons. The fourth-order valence-electron chi connectivity index (χ4n) is 3.42. The summed E-state index contributed by atoms with van der Waals surface area (Å²) in [4.78, 5) is 16.8. The number of carbonyl (C=O) groups is 1. The Labute approximate surface area is 189 Å². The van der Waals surface area contributed by atoms with Crippen molar-refractivity contribution in [2.24, 2.45) is 0 Å². The lowest BCUT2D eigenvalue weighted by atomic mass is 10.2. The zero-order valence-electron chi connectivity index (χ0n) is 17.1. The van der Waals surface area contributed by atoms with Crippen molar-refractivity contribution in [3.05, 3.63) is 53.6 Å². The zero-order valence-corrected chi connectivity index (χ0v) is 18.6. The molecule has 0 unspecified atom stereocenters. The van der Waals surface area contributed by atoms with E-state index in [1.54, 1.807) is 19.2 Å². The van der Waals surface area contributed by atoms with Gasteiger partial charge in [-0.25, -0.2) is 4.68 Å². The Morgan fingerprint density at radius 2 is 1.87 bits per heavy atom. The first-order chi connectivity index (χ1) is 15.0. The highest BCUT2D eigenvalue weighted by Gasteiger charge is 2.22. The third-order valence-corrected chi connectivity index (χ3v) is 6.30. The van der Waals surface area contributed by atoms with Crippen LogP contribution in [0.3, 0.4) is 0 Å². The van der Waals surface area contributed by atoms with Gasteiger partial charge in [-0.3, -0.25) is 4.79 Å². The number of hydrogen-bond donors (Lipinski definition) is 1. The minimum atomic E-state index is 0.0617. The molecule has 0 atom stereocenters.